The van der Waals surface area contributed by atoms with Gasteiger partial charge in [0.2, 0.25) is 0 Å². The molecule has 8 nitrogen and oxygen atoms in total. The summed E-state index contributed by atoms with van der Waals surface area (Å²) in [4.78, 5) is 13.3. The third-order valence-corrected chi connectivity index (χ3v) is 5.24. The van der Waals surface area contributed by atoms with Crippen molar-refractivity contribution in [3.8, 4) is 0 Å². The van der Waals surface area contributed by atoms with Gasteiger partial charge in [-0.2, -0.15) is 10.2 Å². The van der Waals surface area contributed by atoms with Crippen molar-refractivity contribution in [3.63, 3.8) is 0 Å². The molecule has 0 spiro atoms. The van der Waals surface area contributed by atoms with Gasteiger partial charge in [-0.15, -0.1) is 5.10 Å². The molecule has 4 heterocycles. The Morgan fingerprint density at radius 1 is 1.12 bits per heavy atom. The van der Waals surface area contributed by atoms with E-state index in [9.17, 15) is 0 Å². The summed E-state index contributed by atoms with van der Waals surface area (Å²) >= 11 is 0. The number of nitrogens with zero attached hydrogens (tertiary/aromatic N) is 8. The Kier molecular flexibility index (Phi) is 3.13. The van der Waals surface area contributed by atoms with E-state index in [1.165, 1.54) is 12.8 Å². The van der Waals surface area contributed by atoms with Gasteiger partial charge >= 0.3 is 0 Å². The largest absolute Gasteiger partial charge is 0.352 e. The van der Waals surface area contributed by atoms with Gasteiger partial charge in [-0.1, -0.05) is 0 Å². The zero-order valence-corrected chi connectivity index (χ0v) is 14.4. The maximum Gasteiger partial charge on any atom is 0.163 e. The predicted molar refractivity (Wildman–Crippen MR) is 94.7 cm³/mol. The van der Waals surface area contributed by atoms with Crippen molar-refractivity contribution in [3.05, 3.63) is 30.4 Å². The van der Waals surface area contributed by atoms with Crippen LogP contribution in [0.25, 0.3) is 11.0 Å². The molecule has 0 unspecified atom stereocenters. The number of aromatic nitrogens is 6. The number of hydrogen-bond acceptors (Lipinski definition) is 7. The Bertz CT molecular complexity index is 908. The van der Waals surface area contributed by atoms with Gasteiger partial charge in [0.05, 0.1) is 23.3 Å². The molecule has 1 aliphatic heterocycles. The van der Waals surface area contributed by atoms with E-state index in [1.54, 1.807) is 11.0 Å². The highest BCUT2D eigenvalue weighted by Gasteiger charge is 2.33. The van der Waals surface area contributed by atoms with Crippen molar-refractivity contribution < 1.29 is 0 Å². The summed E-state index contributed by atoms with van der Waals surface area (Å²) in [5.74, 6) is 2.54. The topological polar surface area (TPSA) is 75.9 Å². The van der Waals surface area contributed by atoms with Crippen LogP contribution < -0.4 is 9.80 Å². The molecule has 1 saturated heterocycles. The first kappa shape index (κ1) is 14.6. The fourth-order valence-electron chi connectivity index (χ4n) is 3.39. The van der Waals surface area contributed by atoms with Crippen LogP contribution >= 0.6 is 0 Å². The summed E-state index contributed by atoms with van der Waals surface area (Å²) in [5.41, 5.74) is 1.99. The van der Waals surface area contributed by atoms with E-state index in [1.807, 2.05) is 13.2 Å². The van der Waals surface area contributed by atoms with E-state index in [2.05, 4.69) is 54.2 Å². The smallest absolute Gasteiger partial charge is 0.163 e. The molecule has 5 rings (SSSR count). The molecule has 0 radical (unpaired) electrons. The van der Waals surface area contributed by atoms with Crippen LogP contribution in [0.15, 0.2) is 24.7 Å². The third-order valence-electron chi connectivity index (χ3n) is 5.24. The second kappa shape index (κ2) is 5.37. The van der Waals surface area contributed by atoms with Crippen LogP contribution in [0.2, 0.25) is 0 Å². The summed E-state index contributed by atoms with van der Waals surface area (Å²) < 4.78 is 1.78. The number of fused-ring (bicyclic) bond motifs is 1. The minimum absolute atomic E-state index is 0.392. The number of anilines is 2. The summed E-state index contributed by atoms with van der Waals surface area (Å²) in [6, 6.07) is 4.62. The van der Waals surface area contributed by atoms with Crippen molar-refractivity contribution >= 4 is 22.7 Å². The van der Waals surface area contributed by atoms with Crippen LogP contribution in [0.4, 0.5) is 11.6 Å². The highest BCUT2D eigenvalue weighted by atomic mass is 15.4. The minimum atomic E-state index is 0.392. The Morgan fingerprint density at radius 3 is 2.68 bits per heavy atom. The van der Waals surface area contributed by atoms with Crippen molar-refractivity contribution in [1.82, 2.24) is 29.9 Å². The molecular formula is C17H20N8. The monoisotopic (exact) mass is 336 g/mol. The van der Waals surface area contributed by atoms with Gasteiger partial charge < -0.3 is 9.80 Å². The van der Waals surface area contributed by atoms with E-state index < -0.39 is 0 Å². The van der Waals surface area contributed by atoms with E-state index in [0.29, 0.717) is 12.0 Å². The van der Waals surface area contributed by atoms with Gasteiger partial charge in [0.1, 0.15) is 12.1 Å². The van der Waals surface area contributed by atoms with Gasteiger partial charge in [-0.25, -0.2) is 9.97 Å². The van der Waals surface area contributed by atoms with E-state index in [-0.39, 0.29) is 0 Å². The highest BCUT2D eigenvalue weighted by Crippen LogP contribution is 2.39. The van der Waals surface area contributed by atoms with Crippen LogP contribution in [0.3, 0.4) is 0 Å². The molecule has 1 saturated carbocycles. The molecule has 1 aliphatic carbocycles. The van der Waals surface area contributed by atoms with Gasteiger partial charge in [0.15, 0.2) is 11.5 Å². The van der Waals surface area contributed by atoms with Crippen LogP contribution in [0.1, 0.15) is 24.5 Å². The SMILES string of the molecule is CN(c1ncnc2c1cnn2C)C1CN(c2ccc(C3CC3)nn2)C1. The molecule has 8 heteroatoms. The van der Waals surface area contributed by atoms with Gasteiger partial charge in [0.25, 0.3) is 0 Å². The molecule has 0 amide bonds. The van der Waals surface area contributed by atoms with E-state index >= 15 is 0 Å². The summed E-state index contributed by atoms with van der Waals surface area (Å²) in [6.07, 6.45) is 5.95. The van der Waals surface area contributed by atoms with Crippen LogP contribution in [-0.4, -0.2) is 56.1 Å². The van der Waals surface area contributed by atoms with Crippen LogP contribution in [-0.2, 0) is 7.05 Å². The average Bonchev–Trinajstić information content (AvgIpc) is 3.38. The first-order valence-corrected chi connectivity index (χ1v) is 8.65. The van der Waals surface area contributed by atoms with E-state index in [4.69, 9.17) is 0 Å². The lowest BCUT2D eigenvalue weighted by atomic mass is 10.1. The Labute approximate surface area is 145 Å². The molecule has 2 fully saturated rings. The Hall–Kier alpha value is -2.77. The lowest BCUT2D eigenvalue weighted by molar-refractivity contribution is 0.488. The Morgan fingerprint density at radius 2 is 1.96 bits per heavy atom. The first-order valence-electron chi connectivity index (χ1n) is 8.65. The second-order valence-electron chi connectivity index (χ2n) is 6.96. The average molecular weight is 336 g/mol. The maximum absolute atomic E-state index is 4.47. The van der Waals surface area contributed by atoms with Crippen molar-refractivity contribution in [2.45, 2.75) is 24.8 Å². The lowest BCUT2D eigenvalue weighted by Crippen LogP contribution is -2.59. The van der Waals surface area contributed by atoms with Gasteiger partial charge in [-0.3, -0.25) is 4.68 Å². The first-order chi connectivity index (χ1) is 12.2. The molecule has 128 valence electrons. The summed E-state index contributed by atoms with van der Waals surface area (Å²) in [5, 5.41) is 14.1. The van der Waals surface area contributed by atoms with Crippen molar-refractivity contribution in [2.24, 2.45) is 7.05 Å². The lowest BCUT2D eigenvalue weighted by Gasteiger charge is -2.44. The predicted octanol–water partition coefficient (Wildman–Crippen LogP) is 1.36. The molecule has 0 N–H and O–H groups in total. The third kappa shape index (κ3) is 2.40. The molecule has 3 aromatic rings. The van der Waals surface area contributed by atoms with Crippen molar-refractivity contribution in [2.75, 3.05) is 29.9 Å². The minimum Gasteiger partial charge on any atom is -0.352 e. The molecule has 0 atom stereocenters. The number of likely N-dealkylation sites (N-methyl/N-ethyl adjacent to an activating group) is 1. The van der Waals surface area contributed by atoms with Crippen LogP contribution in [0.5, 0.6) is 0 Å². The molecule has 0 aromatic carbocycles. The quantitative estimate of drug-likeness (QED) is 0.712. The van der Waals surface area contributed by atoms with Crippen molar-refractivity contribution in [1.29, 1.82) is 0 Å². The summed E-state index contributed by atoms with van der Waals surface area (Å²) in [7, 11) is 3.98. The zero-order chi connectivity index (χ0) is 17.0. The number of aryl methyl sites for hydroxylation is 1. The van der Waals surface area contributed by atoms with Gasteiger partial charge in [-0.05, 0) is 25.0 Å². The van der Waals surface area contributed by atoms with E-state index in [0.717, 1.165) is 41.5 Å². The second-order valence-corrected chi connectivity index (χ2v) is 6.96. The number of rotatable bonds is 4. The highest BCUT2D eigenvalue weighted by molar-refractivity contribution is 5.86. The fraction of sp³-hybridized carbons (Fsp3) is 0.471. The Balaban J connectivity index is 1.30. The molecular weight excluding hydrogens is 316 g/mol. The van der Waals surface area contributed by atoms with Crippen LogP contribution in [0, 0.1) is 0 Å². The molecule has 3 aromatic heterocycles. The maximum atomic E-state index is 4.47. The standard InChI is InChI=1S/C17H20N8/c1-23(16-13-7-20-24(2)17(13)19-10-18-16)12-8-25(9-12)15-6-5-14(21-22-15)11-3-4-11/h5-7,10-12H,3-4,8-9H2,1-2H3. The molecule has 2 aliphatic rings. The molecule has 0 bridgehead atoms. The molecule has 25 heavy (non-hydrogen) atoms. The van der Waals surface area contributed by atoms with Gasteiger partial charge in [0, 0.05) is 33.1 Å². The number of hydrogen-bond donors (Lipinski definition) is 0. The fourth-order valence-corrected chi connectivity index (χ4v) is 3.39. The zero-order valence-electron chi connectivity index (χ0n) is 14.4. The normalized spacial score (nSPS) is 17.8. The summed E-state index contributed by atoms with van der Waals surface area (Å²) in [6.45, 7) is 1.83.